The highest BCUT2D eigenvalue weighted by Crippen LogP contribution is 2.19. The van der Waals surface area contributed by atoms with Gasteiger partial charge in [-0.05, 0) is 12.1 Å². The second-order valence-electron chi connectivity index (χ2n) is 4.69. The van der Waals surface area contributed by atoms with E-state index in [9.17, 15) is 4.79 Å². The van der Waals surface area contributed by atoms with Crippen molar-refractivity contribution < 1.29 is 4.79 Å². The number of carbonyl (C=O) groups is 1. The van der Waals surface area contributed by atoms with E-state index in [1.807, 2.05) is 24.3 Å². The zero-order valence-electron chi connectivity index (χ0n) is 10.4. The van der Waals surface area contributed by atoms with Gasteiger partial charge in [0.05, 0.1) is 29.5 Å². The molecular weight excluding hydrogens is 238 g/mol. The van der Waals surface area contributed by atoms with Crippen molar-refractivity contribution >= 4 is 16.9 Å². The predicted octanol–water partition coefficient (Wildman–Crippen LogP) is 1.61. The maximum Gasteiger partial charge on any atom is 0.224 e. The molecule has 0 aliphatic carbocycles. The molecule has 1 atom stereocenters. The first-order valence-electron chi connectivity index (χ1n) is 6.21. The Morgan fingerprint density at radius 1 is 1.37 bits per heavy atom. The molecule has 4 nitrogen and oxygen atoms in total. The first-order valence-corrected chi connectivity index (χ1v) is 6.21. The average Bonchev–Trinajstić information content (AvgIpc) is 2.79. The lowest BCUT2D eigenvalue weighted by Gasteiger charge is -2.15. The van der Waals surface area contributed by atoms with Crippen molar-refractivity contribution in [3.8, 4) is 12.3 Å². The van der Waals surface area contributed by atoms with Crippen LogP contribution >= 0.6 is 0 Å². The fraction of sp³-hybridized carbons (Fsp3) is 0.267. The SMILES string of the molecule is C#CC1CC(=O)N(Cc2cnc3ccccc3n2)C1. The monoisotopic (exact) mass is 251 g/mol. The van der Waals surface area contributed by atoms with Crippen molar-refractivity contribution in [1.29, 1.82) is 0 Å². The summed E-state index contributed by atoms with van der Waals surface area (Å²) in [6, 6.07) is 7.69. The van der Waals surface area contributed by atoms with Crippen LogP contribution in [0.2, 0.25) is 0 Å². The molecule has 1 fully saturated rings. The Kier molecular flexibility index (Phi) is 2.88. The van der Waals surface area contributed by atoms with Gasteiger partial charge in [-0.2, -0.15) is 0 Å². The second kappa shape index (κ2) is 4.69. The van der Waals surface area contributed by atoms with Gasteiger partial charge in [0.2, 0.25) is 5.91 Å². The van der Waals surface area contributed by atoms with E-state index >= 15 is 0 Å². The molecule has 0 saturated carbocycles. The van der Waals surface area contributed by atoms with E-state index in [1.165, 1.54) is 0 Å². The van der Waals surface area contributed by atoms with E-state index in [1.54, 1.807) is 11.1 Å². The second-order valence-corrected chi connectivity index (χ2v) is 4.69. The zero-order chi connectivity index (χ0) is 13.2. The van der Waals surface area contributed by atoms with Crippen molar-refractivity contribution in [3.05, 3.63) is 36.2 Å². The number of benzene rings is 1. The molecule has 94 valence electrons. The van der Waals surface area contributed by atoms with E-state index in [4.69, 9.17) is 6.42 Å². The van der Waals surface area contributed by atoms with E-state index in [0.717, 1.165) is 16.7 Å². The lowest BCUT2D eigenvalue weighted by molar-refractivity contribution is -0.128. The molecule has 1 aliphatic heterocycles. The van der Waals surface area contributed by atoms with Gasteiger partial charge in [-0.1, -0.05) is 12.1 Å². The molecule has 0 spiro atoms. The van der Waals surface area contributed by atoms with Crippen LogP contribution in [-0.4, -0.2) is 27.3 Å². The summed E-state index contributed by atoms with van der Waals surface area (Å²) >= 11 is 0. The summed E-state index contributed by atoms with van der Waals surface area (Å²) < 4.78 is 0. The number of rotatable bonds is 2. The number of terminal acetylenes is 1. The Morgan fingerprint density at radius 3 is 2.89 bits per heavy atom. The van der Waals surface area contributed by atoms with Gasteiger partial charge in [0, 0.05) is 18.9 Å². The molecule has 0 radical (unpaired) electrons. The van der Waals surface area contributed by atoms with Crippen LogP contribution < -0.4 is 0 Å². The Bertz CT molecular complexity index is 674. The van der Waals surface area contributed by atoms with Crippen LogP contribution in [0.15, 0.2) is 30.5 Å². The Morgan fingerprint density at radius 2 is 2.16 bits per heavy atom. The maximum atomic E-state index is 11.8. The molecule has 2 aromatic rings. The first-order chi connectivity index (χ1) is 9.26. The minimum absolute atomic E-state index is 0.0286. The standard InChI is InChI=1S/C15H13N3O/c1-2-11-7-15(19)18(9-11)10-12-8-16-13-5-3-4-6-14(13)17-12/h1,3-6,8,11H,7,9-10H2. The lowest BCUT2D eigenvalue weighted by Crippen LogP contribution is -2.25. The number of hydrogen-bond donors (Lipinski definition) is 0. The number of para-hydroxylation sites is 2. The van der Waals surface area contributed by atoms with Crippen molar-refractivity contribution in [1.82, 2.24) is 14.9 Å². The minimum Gasteiger partial charge on any atom is -0.335 e. The topological polar surface area (TPSA) is 46.1 Å². The number of fused-ring (bicyclic) bond motifs is 1. The van der Waals surface area contributed by atoms with E-state index in [0.29, 0.717) is 19.5 Å². The summed E-state index contributed by atoms with van der Waals surface area (Å²) in [5.74, 6) is 2.77. The summed E-state index contributed by atoms with van der Waals surface area (Å²) in [5.41, 5.74) is 2.50. The number of aromatic nitrogens is 2. The van der Waals surface area contributed by atoms with Crippen LogP contribution in [-0.2, 0) is 11.3 Å². The normalized spacial score (nSPS) is 18.8. The predicted molar refractivity (Wildman–Crippen MR) is 71.9 cm³/mol. The van der Waals surface area contributed by atoms with Crippen molar-refractivity contribution in [2.45, 2.75) is 13.0 Å². The van der Waals surface area contributed by atoms with Gasteiger partial charge in [-0.25, -0.2) is 4.98 Å². The number of amides is 1. The summed E-state index contributed by atoms with van der Waals surface area (Å²) in [5, 5.41) is 0. The number of nitrogens with zero attached hydrogens (tertiary/aromatic N) is 3. The highest BCUT2D eigenvalue weighted by Gasteiger charge is 2.28. The van der Waals surface area contributed by atoms with Gasteiger partial charge in [0.25, 0.3) is 0 Å². The highest BCUT2D eigenvalue weighted by molar-refractivity contribution is 5.79. The van der Waals surface area contributed by atoms with Gasteiger partial charge < -0.3 is 4.90 Å². The van der Waals surface area contributed by atoms with Crippen LogP contribution in [0.4, 0.5) is 0 Å². The molecule has 1 amide bonds. The third-order valence-electron chi connectivity index (χ3n) is 3.30. The average molecular weight is 251 g/mol. The molecule has 1 unspecified atom stereocenters. The van der Waals surface area contributed by atoms with Crippen LogP contribution in [0.1, 0.15) is 12.1 Å². The summed E-state index contributed by atoms with van der Waals surface area (Å²) in [7, 11) is 0. The largest absolute Gasteiger partial charge is 0.335 e. The Hall–Kier alpha value is -2.41. The molecule has 4 heteroatoms. The fourth-order valence-corrected chi connectivity index (χ4v) is 2.30. The van der Waals surface area contributed by atoms with Gasteiger partial charge in [-0.3, -0.25) is 9.78 Å². The fourth-order valence-electron chi connectivity index (χ4n) is 2.30. The molecule has 1 saturated heterocycles. The van der Waals surface area contributed by atoms with Gasteiger partial charge in [0.1, 0.15) is 0 Å². The molecule has 19 heavy (non-hydrogen) atoms. The molecule has 3 rings (SSSR count). The lowest BCUT2D eigenvalue weighted by atomic mass is 10.1. The molecule has 1 aromatic carbocycles. The van der Waals surface area contributed by atoms with Crippen molar-refractivity contribution in [3.63, 3.8) is 0 Å². The molecule has 0 N–H and O–H groups in total. The smallest absolute Gasteiger partial charge is 0.224 e. The third kappa shape index (κ3) is 2.27. The zero-order valence-corrected chi connectivity index (χ0v) is 10.4. The number of likely N-dealkylation sites (tertiary alicyclic amines) is 1. The summed E-state index contributed by atoms with van der Waals surface area (Å²) in [6.45, 7) is 1.10. The van der Waals surface area contributed by atoms with E-state index < -0.39 is 0 Å². The minimum atomic E-state index is 0.0286. The highest BCUT2D eigenvalue weighted by atomic mass is 16.2. The summed E-state index contributed by atoms with van der Waals surface area (Å²) in [6.07, 6.45) is 7.53. The van der Waals surface area contributed by atoms with Gasteiger partial charge in [-0.15, -0.1) is 12.3 Å². The molecule has 2 heterocycles. The van der Waals surface area contributed by atoms with E-state index in [-0.39, 0.29) is 11.8 Å². The number of carbonyl (C=O) groups excluding carboxylic acids is 1. The maximum absolute atomic E-state index is 11.8. The first kappa shape index (κ1) is 11.7. The van der Waals surface area contributed by atoms with Crippen molar-refractivity contribution in [2.75, 3.05) is 6.54 Å². The van der Waals surface area contributed by atoms with Gasteiger partial charge >= 0.3 is 0 Å². The van der Waals surface area contributed by atoms with E-state index in [2.05, 4.69) is 15.9 Å². The van der Waals surface area contributed by atoms with Crippen molar-refractivity contribution in [2.24, 2.45) is 5.92 Å². The molecule has 1 aromatic heterocycles. The summed E-state index contributed by atoms with van der Waals surface area (Å²) in [4.78, 5) is 22.4. The number of hydrogen-bond acceptors (Lipinski definition) is 3. The van der Waals surface area contributed by atoms with Crippen LogP contribution in [0, 0.1) is 18.3 Å². The van der Waals surface area contributed by atoms with Crippen LogP contribution in [0.3, 0.4) is 0 Å². The molecular formula is C15H13N3O. The van der Waals surface area contributed by atoms with Crippen LogP contribution in [0.5, 0.6) is 0 Å². The third-order valence-corrected chi connectivity index (χ3v) is 3.30. The van der Waals surface area contributed by atoms with Gasteiger partial charge in [0.15, 0.2) is 0 Å². The molecule has 1 aliphatic rings. The Balaban J connectivity index is 1.82. The van der Waals surface area contributed by atoms with Crippen LogP contribution in [0.25, 0.3) is 11.0 Å². The Labute approximate surface area is 111 Å². The molecule has 0 bridgehead atoms. The quantitative estimate of drug-likeness (QED) is 0.762.